The van der Waals surface area contributed by atoms with Crippen LogP contribution in [0.2, 0.25) is 0 Å². The molecule has 0 aliphatic rings. The normalized spacial score (nSPS) is 11.7. The third-order valence-corrected chi connectivity index (χ3v) is 4.15. The van der Waals surface area contributed by atoms with Gasteiger partial charge in [-0.15, -0.1) is 0 Å². The number of rotatable bonds is 8. The lowest BCUT2D eigenvalue weighted by Gasteiger charge is -2.23. The van der Waals surface area contributed by atoms with Gasteiger partial charge in [0, 0.05) is 11.8 Å². The van der Waals surface area contributed by atoms with E-state index in [1.54, 1.807) is 7.11 Å². The minimum atomic E-state index is 0.135. The van der Waals surface area contributed by atoms with Crippen LogP contribution in [0, 0.1) is 5.92 Å². The molecule has 0 radical (unpaired) electrons. The Morgan fingerprint density at radius 2 is 1.81 bits per heavy atom. The molecule has 2 aromatic rings. The number of hydrogen-bond donors (Lipinski definition) is 2. The first kappa shape index (κ1) is 20.0. The van der Waals surface area contributed by atoms with E-state index in [1.165, 1.54) is 5.56 Å². The Morgan fingerprint density at radius 3 is 2.42 bits per heavy atom. The number of hydrogen-bond acceptors (Lipinski definition) is 3. The summed E-state index contributed by atoms with van der Waals surface area (Å²) in [5, 5.41) is 7.29. The van der Waals surface area contributed by atoms with Gasteiger partial charge in [-0.2, -0.15) is 0 Å². The van der Waals surface area contributed by atoms with Crippen molar-refractivity contribution in [2.24, 2.45) is 5.92 Å². The van der Waals surface area contributed by atoms with Gasteiger partial charge in [-0.3, -0.25) is 0 Å². The highest BCUT2D eigenvalue weighted by atomic mass is 32.1. The minimum absolute atomic E-state index is 0.135. The van der Waals surface area contributed by atoms with Gasteiger partial charge in [0.2, 0.25) is 0 Å². The summed E-state index contributed by atoms with van der Waals surface area (Å²) >= 11 is 5.53. The SMILES string of the molecule is CCOc1cccc(NC(=S)N[C@@H](CC(C)C)c2ccc(OC)cc2)c1. The maximum atomic E-state index is 5.54. The van der Waals surface area contributed by atoms with Gasteiger partial charge in [0.1, 0.15) is 11.5 Å². The predicted molar refractivity (Wildman–Crippen MR) is 112 cm³/mol. The molecule has 0 amide bonds. The molecule has 0 heterocycles. The van der Waals surface area contributed by atoms with Crippen molar-refractivity contribution in [3.63, 3.8) is 0 Å². The van der Waals surface area contributed by atoms with Gasteiger partial charge < -0.3 is 20.1 Å². The summed E-state index contributed by atoms with van der Waals surface area (Å²) in [6.07, 6.45) is 0.979. The zero-order valence-corrected chi connectivity index (χ0v) is 16.7. The van der Waals surface area contributed by atoms with Crippen molar-refractivity contribution in [1.29, 1.82) is 0 Å². The van der Waals surface area contributed by atoms with Crippen LogP contribution >= 0.6 is 12.2 Å². The van der Waals surface area contributed by atoms with Crippen LogP contribution in [0.25, 0.3) is 0 Å². The molecule has 0 aliphatic carbocycles. The molecule has 0 saturated heterocycles. The smallest absolute Gasteiger partial charge is 0.171 e. The van der Waals surface area contributed by atoms with E-state index >= 15 is 0 Å². The van der Waals surface area contributed by atoms with Crippen molar-refractivity contribution >= 4 is 23.0 Å². The van der Waals surface area contributed by atoms with Crippen LogP contribution in [-0.4, -0.2) is 18.8 Å². The number of nitrogens with one attached hydrogen (secondary N) is 2. The topological polar surface area (TPSA) is 42.5 Å². The maximum absolute atomic E-state index is 5.54. The first-order valence-corrected chi connectivity index (χ1v) is 9.37. The molecular weight excluding hydrogens is 344 g/mol. The van der Waals surface area contributed by atoms with Gasteiger partial charge in [-0.25, -0.2) is 0 Å². The summed E-state index contributed by atoms with van der Waals surface area (Å²) in [7, 11) is 1.67. The summed E-state index contributed by atoms with van der Waals surface area (Å²) in [5.41, 5.74) is 2.10. The number of anilines is 1. The van der Waals surface area contributed by atoms with Crippen molar-refractivity contribution in [3.05, 3.63) is 54.1 Å². The predicted octanol–water partition coefficient (Wildman–Crippen LogP) is 5.17. The molecule has 5 heteroatoms. The average Bonchev–Trinajstić information content (AvgIpc) is 2.61. The number of ether oxygens (including phenoxy) is 2. The lowest BCUT2D eigenvalue weighted by atomic mass is 9.97. The molecule has 2 aromatic carbocycles. The summed E-state index contributed by atoms with van der Waals surface area (Å²) in [6.45, 7) is 7.03. The molecule has 4 nitrogen and oxygen atoms in total. The fourth-order valence-corrected chi connectivity index (χ4v) is 3.00. The Labute approximate surface area is 161 Å². The lowest BCUT2D eigenvalue weighted by molar-refractivity contribution is 0.340. The molecule has 140 valence electrons. The molecular formula is C21H28N2O2S. The van der Waals surface area contributed by atoms with Crippen LogP contribution in [0.15, 0.2) is 48.5 Å². The van der Waals surface area contributed by atoms with Gasteiger partial charge in [0.05, 0.1) is 19.8 Å². The molecule has 0 saturated carbocycles. The van der Waals surface area contributed by atoms with E-state index in [-0.39, 0.29) is 6.04 Å². The van der Waals surface area contributed by atoms with E-state index in [4.69, 9.17) is 21.7 Å². The second-order valence-corrected chi connectivity index (χ2v) is 6.92. The second kappa shape index (κ2) is 10.0. The van der Waals surface area contributed by atoms with E-state index in [0.29, 0.717) is 17.6 Å². The summed E-state index contributed by atoms with van der Waals surface area (Å²) in [6, 6.07) is 16.1. The monoisotopic (exact) mass is 372 g/mol. The first-order valence-electron chi connectivity index (χ1n) is 8.96. The average molecular weight is 373 g/mol. The Hall–Kier alpha value is -2.27. The van der Waals surface area contributed by atoms with Crippen LogP contribution < -0.4 is 20.1 Å². The van der Waals surface area contributed by atoms with E-state index in [0.717, 1.165) is 23.6 Å². The molecule has 2 rings (SSSR count). The Morgan fingerprint density at radius 1 is 1.08 bits per heavy atom. The highest BCUT2D eigenvalue weighted by molar-refractivity contribution is 7.80. The van der Waals surface area contributed by atoms with Crippen LogP contribution in [0.1, 0.15) is 38.8 Å². The standard InChI is InChI=1S/C21H28N2O2S/c1-5-25-19-8-6-7-17(14-19)22-21(26)23-20(13-15(2)3)16-9-11-18(24-4)12-10-16/h6-12,14-15,20H,5,13H2,1-4H3,(H2,22,23,26)/t20-/m0/s1. The van der Waals surface area contributed by atoms with Gasteiger partial charge >= 0.3 is 0 Å². The van der Waals surface area contributed by atoms with Crippen molar-refractivity contribution in [1.82, 2.24) is 5.32 Å². The Kier molecular flexibility index (Phi) is 7.73. The van der Waals surface area contributed by atoms with Crippen molar-refractivity contribution in [3.8, 4) is 11.5 Å². The fraction of sp³-hybridized carbons (Fsp3) is 0.381. The zero-order chi connectivity index (χ0) is 18.9. The molecule has 0 unspecified atom stereocenters. The molecule has 0 bridgehead atoms. The first-order chi connectivity index (χ1) is 12.5. The quantitative estimate of drug-likeness (QED) is 0.626. The van der Waals surface area contributed by atoms with Crippen LogP contribution in [0.3, 0.4) is 0 Å². The van der Waals surface area contributed by atoms with Crippen molar-refractivity contribution in [2.75, 3.05) is 19.0 Å². The third-order valence-electron chi connectivity index (χ3n) is 3.93. The molecule has 26 heavy (non-hydrogen) atoms. The lowest BCUT2D eigenvalue weighted by Crippen LogP contribution is -2.33. The summed E-state index contributed by atoms with van der Waals surface area (Å²) < 4.78 is 10.8. The highest BCUT2D eigenvalue weighted by Gasteiger charge is 2.15. The van der Waals surface area contributed by atoms with Crippen LogP contribution in [0.5, 0.6) is 11.5 Å². The highest BCUT2D eigenvalue weighted by Crippen LogP contribution is 2.24. The fourth-order valence-electron chi connectivity index (χ4n) is 2.74. The van der Waals surface area contributed by atoms with Crippen molar-refractivity contribution < 1.29 is 9.47 Å². The van der Waals surface area contributed by atoms with E-state index in [1.807, 2.05) is 43.3 Å². The van der Waals surface area contributed by atoms with Crippen LogP contribution in [0.4, 0.5) is 5.69 Å². The molecule has 0 aromatic heterocycles. The second-order valence-electron chi connectivity index (χ2n) is 6.51. The molecule has 0 spiro atoms. The van der Waals surface area contributed by atoms with Gasteiger partial charge in [-0.05, 0) is 61.3 Å². The zero-order valence-electron chi connectivity index (χ0n) is 15.9. The molecule has 2 N–H and O–H groups in total. The van der Waals surface area contributed by atoms with E-state index < -0.39 is 0 Å². The number of thiocarbonyl (C=S) groups is 1. The van der Waals surface area contributed by atoms with Gasteiger partial charge in [-0.1, -0.05) is 32.0 Å². The Balaban J connectivity index is 2.06. The maximum Gasteiger partial charge on any atom is 0.171 e. The largest absolute Gasteiger partial charge is 0.497 e. The van der Waals surface area contributed by atoms with Crippen LogP contribution in [-0.2, 0) is 0 Å². The molecule has 1 atom stereocenters. The Bertz CT molecular complexity index is 701. The van der Waals surface area contributed by atoms with Crippen molar-refractivity contribution in [2.45, 2.75) is 33.2 Å². The van der Waals surface area contributed by atoms with Gasteiger partial charge in [0.15, 0.2) is 5.11 Å². The molecule has 0 aliphatic heterocycles. The number of methoxy groups -OCH3 is 1. The molecule has 0 fully saturated rings. The number of benzene rings is 2. The third kappa shape index (κ3) is 6.23. The summed E-state index contributed by atoms with van der Waals surface area (Å²) in [4.78, 5) is 0. The minimum Gasteiger partial charge on any atom is -0.497 e. The van der Waals surface area contributed by atoms with E-state index in [9.17, 15) is 0 Å². The van der Waals surface area contributed by atoms with E-state index in [2.05, 4.69) is 36.6 Å². The van der Waals surface area contributed by atoms with Gasteiger partial charge in [0.25, 0.3) is 0 Å². The summed E-state index contributed by atoms with van der Waals surface area (Å²) in [5.74, 6) is 2.22.